The van der Waals surface area contributed by atoms with Crippen LogP contribution in [0.15, 0.2) is 71.7 Å². The molecule has 152 valence electrons. The summed E-state index contributed by atoms with van der Waals surface area (Å²) in [7, 11) is 0. The van der Waals surface area contributed by atoms with Crippen molar-refractivity contribution in [3.63, 3.8) is 0 Å². The Bertz CT molecular complexity index is 1280. The van der Waals surface area contributed by atoms with Gasteiger partial charge in [0.25, 0.3) is 17.4 Å². The van der Waals surface area contributed by atoms with Crippen molar-refractivity contribution in [1.82, 2.24) is 9.88 Å². The molecular weight excluding hydrogens is 394 g/mol. The summed E-state index contributed by atoms with van der Waals surface area (Å²) in [6.45, 7) is 1.88. The van der Waals surface area contributed by atoms with Gasteiger partial charge in [0, 0.05) is 11.3 Å². The molecule has 4 rings (SSSR count). The van der Waals surface area contributed by atoms with Gasteiger partial charge in [-0.2, -0.15) is 5.26 Å². The Morgan fingerprint density at radius 3 is 2.26 bits per heavy atom. The van der Waals surface area contributed by atoms with Crippen LogP contribution in [0.2, 0.25) is 0 Å². The van der Waals surface area contributed by atoms with Crippen molar-refractivity contribution in [2.45, 2.75) is 6.92 Å². The highest BCUT2D eigenvalue weighted by Crippen LogP contribution is 2.25. The summed E-state index contributed by atoms with van der Waals surface area (Å²) in [5.74, 6) is -0.0739. The third-order valence-corrected chi connectivity index (χ3v) is 4.99. The fourth-order valence-corrected chi connectivity index (χ4v) is 3.40. The van der Waals surface area contributed by atoms with Crippen LogP contribution >= 0.6 is 0 Å². The Balaban J connectivity index is 1.41. The number of nitriles is 1. The predicted octanol–water partition coefficient (Wildman–Crippen LogP) is 3.41. The van der Waals surface area contributed by atoms with Crippen LogP contribution in [0.1, 0.15) is 32.0 Å². The number of ether oxygens (including phenoxy) is 1. The van der Waals surface area contributed by atoms with Gasteiger partial charge in [0.05, 0.1) is 23.9 Å². The highest BCUT2D eigenvalue weighted by molar-refractivity contribution is 6.21. The van der Waals surface area contributed by atoms with E-state index in [1.807, 2.05) is 18.2 Å². The number of H-pyrrole nitrogens is 1. The van der Waals surface area contributed by atoms with Crippen LogP contribution < -0.4 is 10.3 Å². The molecule has 0 radical (unpaired) electrons. The van der Waals surface area contributed by atoms with Gasteiger partial charge in [0.15, 0.2) is 0 Å². The van der Waals surface area contributed by atoms with E-state index in [1.165, 1.54) is 11.2 Å². The molecule has 7 nitrogen and oxygen atoms in total. The third kappa shape index (κ3) is 3.74. The van der Waals surface area contributed by atoms with E-state index < -0.39 is 5.56 Å². The van der Waals surface area contributed by atoms with Crippen LogP contribution in [0.25, 0.3) is 11.1 Å². The van der Waals surface area contributed by atoms with Gasteiger partial charge in [-0.1, -0.05) is 24.3 Å². The maximum atomic E-state index is 12.3. The number of benzene rings is 2. The second kappa shape index (κ2) is 8.13. The fourth-order valence-electron chi connectivity index (χ4n) is 3.40. The number of hydrogen-bond acceptors (Lipinski definition) is 5. The molecule has 1 aliphatic rings. The molecule has 0 spiro atoms. The van der Waals surface area contributed by atoms with Crippen LogP contribution in [-0.2, 0) is 0 Å². The molecule has 0 bridgehead atoms. The molecule has 0 aliphatic carbocycles. The first kappa shape index (κ1) is 19.9. The molecule has 1 N–H and O–H groups in total. The van der Waals surface area contributed by atoms with Gasteiger partial charge in [0.2, 0.25) is 0 Å². The zero-order valence-corrected chi connectivity index (χ0v) is 16.6. The molecule has 2 aromatic carbocycles. The molecule has 0 unspecified atom stereocenters. The molecule has 7 heteroatoms. The number of nitrogens with zero attached hydrogens (tertiary/aromatic N) is 2. The first-order valence-corrected chi connectivity index (χ1v) is 9.51. The van der Waals surface area contributed by atoms with Crippen molar-refractivity contribution in [3.05, 3.63) is 99.7 Å². The van der Waals surface area contributed by atoms with Gasteiger partial charge in [-0.25, -0.2) is 0 Å². The van der Waals surface area contributed by atoms with Gasteiger partial charge in [0.1, 0.15) is 17.4 Å². The largest absolute Gasteiger partial charge is 0.465 e. The summed E-state index contributed by atoms with van der Waals surface area (Å²) in [6.07, 6.45) is 3.03. The third-order valence-electron chi connectivity index (χ3n) is 4.99. The van der Waals surface area contributed by atoms with Crippen molar-refractivity contribution in [3.8, 4) is 22.9 Å². The van der Waals surface area contributed by atoms with E-state index in [2.05, 4.69) is 4.98 Å². The van der Waals surface area contributed by atoms with Gasteiger partial charge in [-0.3, -0.25) is 19.3 Å². The topological polar surface area (TPSA) is 103 Å². The smallest absolute Gasteiger partial charge is 0.266 e. The average Bonchev–Trinajstić information content (AvgIpc) is 3.02. The minimum atomic E-state index is -0.410. The molecular formula is C24H17N3O4. The van der Waals surface area contributed by atoms with Crippen molar-refractivity contribution in [2.75, 3.05) is 6.54 Å². The lowest BCUT2D eigenvalue weighted by molar-refractivity contribution is 0.0671. The number of aromatic amines is 1. The second-order valence-corrected chi connectivity index (χ2v) is 6.94. The van der Waals surface area contributed by atoms with Crippen molar-refractivity contribution < 1.29 is 14.3 Å². The fraction of sp³-hybridized carbons (Fsp3) is 0.0833. The first-order valence-electron chi connectivity index (χ1n) is 9.51. The molecule has 2 heterocycles. The molecule has 31 heavy (non-hydrogen) atoms. The quantitative estimate of drug-likeness (QED) is 0.512. The number of hydrogen-bond donors (Lipinski definition) is 1. The van der Waals surface area contributed by atoms with Crippen molar-refractivity contribution in [2.24, 2.45) is 0 Å². The molecule has 0 atom stereocenters. The van der Waals surface area contributed by atoms with E-state index in [9.17, 15) is 14.4 Å². The number of rotatable bonds is 5. The molecule has 1 aromatic heterocycles. The van der Waals surface area contributed by atoms with E-state index in [-0.39, 0.29) is 23.9 Å². The number of carbonyl (C=O) groups excluding carboxylic acids is 2. The van der Waals surface area contributed by atoms with Gasteiger partial charge in [-0.15, -0.1) is 0 Å². The summed E-state index contributed by atoms with van der Waals surface area (Å²) in [4.78, 5) is 40.2. The summed E-state index contributed by atoms with van der Waals surface area (Å²) in [5.41, 5.74) is 2.71. The van der Waals surface area contributed by atoms with E-state index in [0.717, 1.165) is 11.1 Å². The lowest BCUT2D eigenvalue weighted by Crippen LogP contribution is -2.29. The summed E-state index contributed by atoms with van der Waals surface area (Å²) in [5, 5.41) is 9.06. The molecule has 2 amide bonds. The standard InChI is InChI=1S/C24H17N3O4/c1-15-21(13-17(14-25)22(28)26-15)16-7-9-18(10-8-16)31-12-4-11-27-23(29)19-5-2-3-6-20(19)24(27)30/h2-10,12-13H,11H2,1H3,(H,26,28)/b12-4+. The lowest BCUT2D eigenvalue weighted by atomic mass is 10.0. The molecule has 1 aliphatic heterocycles. The average molecular weight is 411 g/mol. The first-order chi connectivity index (χ1) is 15.0. The second-order valence-electron chi connectivity index (χ2n) is 6.94. The monoisotopic (exact) mass is 411 g/mol. The number of nitrogens with one attached hydrogen (secondary N) is 1. The summed E-state index contributed by atoms with van der Waals surface area (Å²) >= 11 is 0. The molecule has 3 aromatic rings. The maximum Gasteiger partial charge on any atom is 0.266 e. The highest BCUT2D eigenvalue weighted by Gasteiger charge is 2.34. The Morgan fingerprint density at radius 2 is 1.65 bits per heavy atom. The number of fused-ring (bicyclic) bond motifs is 1. The molecule has 0 saturated carbocycles. The van der Waals surface area contributed by atoms with Crippen molar-refractivity contribution >= 4 is 11.8 Å². The number of aromatic nitrogens is 1. The van der Waals surface area contributed by atoms with E-state index >= 15 is 0 Å². The minimum Gasteiger partial charge on any atom is -0.465 e. The van der Waals surface area contributed by atoms with Gasteiger partial charge < -0.3 is 9.72 Å². The normalized spacial score (nSPS) is 12.8. The predicted molar refractivity (Wildman–Crippen MR) is 114 cm³/mol. The number of imide groups is 1. The van der Waals surface area contributed by atoms with Crippen molar-refractivity contribution in [1.29, 1.82) is 5.26 Å². The van der Waals surface area contributed by atoms with E-state index in [1.54, 1.807) is 55.5 Å². The van der Waals surface area contributed by atoms with E-state index in [0.29, 0.717) is 22.6 Å². The lowest BCUT2D eigenvalue weighted by Gasteiger charge is -2.10. The Morgan fingerprint density at radius 1 is 1.00 bits per heavy atom. The SMILES string of the molecule is Cc1[nH]c(=O)c(C#N)cc1-c1ccc(O/C=C/CN2C(=O)c3ccccc3C2=O)cc1. The number of carbonyl (C=O) groups is 2. The Labute approximate surface area is 177 Å². The zero-order valence-electron chi connectivity index (χ0n) is 16.6. The van der Waals surface area contributed by atoms with Crippen LogP contribution in [0.5, 0.6) is 5.75 Å². The van der Waals surface area contributed by atoms with Crippen LogP contribution in [0, 0.1) is 18.3 Å². The van der Waals surface area contributed by atoms with E-state index in [4.69, 9.17) is 10.00 Å². The zero-order chi connectivity index (χ0) is 22.0. The van der Waals surface area contributed by atoms with Gasteiger partial charge >= 0.3 is 0 Å². The maximum absolute atomic E-state index is 12.3. The van der Waals surface area contributed by atoms with Crippen LogP contribution in [-0.4, -0.2) is 28.2 Å². The van der Waals surface area contributed by atoms with Gasteiger partial charge in [-0.05, 0) is 48.9 Å². The minimum absolute atomic E-state index is 0.0528. The molecule has 0 saturated heterocycles. The Kier molecular flexibility index (Phi) is 5.21. The van der Waals surface area contributed by atoms with Crippen LogP contribution in [0.4, 0.5) is 0 Å². The number of amides is 2. The highest BCUT2D eigenvalue weighted by atomic mass is 16.5. The number of pyridine rings is 1. The number of aryl methyl sites for hydroxylation is 1. The van der Waals surface area contributed by atoms with Crippen LogP contribution in [0.3, 0.4) is 0 Å². The summed E-state index contributed by atoms with van der Waals surface area (Å²) < 4.78 is 5.56. The molecule has 0 fully saturated rings. The Hall–Kier alpha value is -4.44. The summed E-state index contributed by atoms with van der Waals surface area (Å²) in [6, 6.07) is 17.3.